The summed E-state index contributed by atoms with van der Waals surface area (Å²) < 4.78 is 0. The van der Waals surface area contributed by atoms with Crippen LogP contribution in [-0.4, -0.2) is 35.1 Å². The topological polar surface area (TPSA) is 61.8 Å². The lowest BCUT2D eigenvalue weighted by atomic mass is 10.1. The van der Waals surface area contributed by atoms with Crippen molar-refractivity contribution in [2.45, 2.75) is 46.1 Å². The predicted octanol–water partition coefficient (Wildman–Crippen LogP) is 1.63. The predicted molar refractivity (Wildman–Crippen MR) is 59.6 cm³/mol. The van der Waals surface area contributed by atoms with Gasteiger partial charge in [0, 0.05) is 19.0 Å². The maximum atomic E-state index is 8.41. The summed E-state index contributed by atoms with van der Waals surface area (Å²) in [6, 6.07) is 0.580. The van der Waals surface area contributed by atoms with Gasteiger partial charge in [0.1, 0.15) is 5.84 Å². The molecule has 0 aromatic heterocycles. The van der Waals surface area contributed by atoms with Crippen LogP contribution in [0, 0.1) is 0 Å². The molecule has 0 bridgehead atoms. The molecule has 14 heavy (non-hydrogen) atoms. The van der Waals surface area contributed by atoms with E-state index in [1.54, 1.807) is 0 Å². The van der Waals surface area contributed by atoms with E-state index in [0.717, 1.165) is 13.1 Å². The highest BCUT2D eigenvalue weighted by Gasteiger charge is 2.10. The fourth-order valence-corrected chi connectivity index (χ4v) is 1.60. The molecule has 0 aromatic carbocycles. The number of amidine groups is 1. The third-order valence-electron chi connectivity index (χ3n) is 2.52. The molecule has 3 N–H and O–H groups in total. The molecule has 0 saturated heterocycles. The first kappa shape index (κ1) is 13.2. The van der Waals surface area contributed by atoms with Gasteiger partial charge in [-0.3, -0.25) is 0 Å². The van der Waals surface area contributed by atoms with Gasteiger partial charge in [0.2, 0.25) is 0 Å². The average molecular weight is 201 g/mol. The van der Waals surface area contributed by atoms with Crippen LogP contribution < -0.4 is 5.73 Å². The summed E-state index contributed by atoms with van der Waals surface area (Å²) in [5.41, 5.74) is 5.42. The van der Waals surface area contributed by atoms with Gasteiger partial charge in [-0.05, 0) is 19.9 Å². The van der Waals surface area contributed by atoms with Crippen LogP contribution in [0.15, 0.2) is 5.16 Å². The standard InChI is InChI=1S/C10H23N3O/c1-4-6-9(3)13(5-2)8-7-10(11)12-14/h9,14H,4-8H2,1-3H3,(H2,11,12). The van der Waals surface area contributed by atoms with E-state index in [2.05, 4.69) is 30.8 Å². The molecule has 4 heteroatoms. The molecular formula is C10H23N3O. The van der Waals surface area contributed by atoms with Crippen molar-refractivity contribution in [3.8, 4) is 0 Å². The Morgan fingerprint density at radius 2 is 2.14 bits per heavy atom. The summed E-state index contributed by atoms with van der Waals surface area (Å²) in [7, 11) is 0. The largest absolute Gasteiger partial charge is 0.409 e. The van der Waals surface area contributed by atoms with Gasteiger partial charge >= 0.3 is 0 Å². The van der Waals surface area contributed by atoms with Gasteiger partial charge in [0.05, 0.1) is 0 Å². The van der Waals surface area contributed by atoms with Crippen molar-refractivity contribution in [3.05, 3.63) is 0 Å². The lowest BCUT2D eigenvalue weighted by Gasteiger charge is -2.27. The molecule has 0 amide bonds. The Balaban J connectivity index is 3.89. The quantitative estimate of drug-likeness (QED) is 0.285. The first-order chi connectivity index (χ1) is 6.65. The summed E-state index contributed by atoms with van der Waals surface area (Å²) in [5.74, 6) is 0.312. The van der Waals surface area contributed by atoms with Gasteiger partial charge < -0.3 is 15.8 Å². The molecular weight excluding hydrogens is 178 g/mol. The molecule has 0 fully saturated rings. The summed E-state index contributed by atoms with van der Waals surface area (Å²) >= 11 is 0. The fraction of sp³-hybridized carbons (Fsp3) is 0.900. The van der Waals surface area contributed by atoms with Gasteiger partial charge in [0.15, 0.2) is 0 Å². The maximum absolute atomic E-state index is 8.41. The Hall–Kier alpha value is -0.770. The highest BCUT2D eigenvalue weighted by molar-refractivity contribution is 5.79. The van der Waals surface area contributed by atoms with Crippen molar-refractivity contribution >= 4 is 5.84 Å². The number of rotatable bonds is 7. The highest BCUT2D eigenvalue weighted by Crippen LogP contribution is 2.06. The Labute approximate surface area is 86.8 Å². The minimum Gasteiger partial charge on any atom is -0.409 e. The Morgan fingerprint density at radius 3 is 2.57 bits per heavy atom. The Kier molecular flexibility index (Phi) is 7.20. The number of hydrogen-bond donors (Lipinski definition) is 2. The van der Waals surface area contributed by atoms with Crippen LogP contribution in [0.1, 0.15) is 40.0 Å². The molecule has 0 aliphatic carbocycles. The Morgan fingerprint density at radius 1 is 1.50 bits per heavy atom. The van der Waals surface area contributed by atoms with Crippen LogP contribution >= 0.6 is 0 Å². The summed E-state index contributed by atoms with van der Waals surface area (Å²) in [6.45, 7) is 8.43. The minimum absolute atomic E-state index is 0.312. The third kappa shape index (κ3) is 5.07. The van der Waals surface area contributed by atoms with E-state index >= 15 is 0 Å². The monoisotopic (exact) mass is 201 g/mol. The van der Waals surface area contributed by atoms with Crippen molar-refractivity contribution in [1.82, 2.24) is 4.90 Å². The van der Waals surface area contributed by atoms with Crippen LogP contribution in [0.4, 0.5) is 0 Å². The lowest BCUT2D eigenvalue weighted by Crippen LogP contribution is -2.35. The van der Waals surface area contributed by atoms with Crippen molar-refractivity contribution in [3.63, 3.8) is 0 Å². The second-order valence-corrected chi connectivity index (χ2v) is 3.61. The van der Waals surface area contributed by atoms with Crippen molar-refractivity contribution in [2.75, 3.05) is 13.1 Å². The molecule has 0 saturated carbocycles. The smallest absolute Gasteiger partial charge is 0.140 e. The molecule has 84 valence electrons. The number of hydrogen-bond acceptors (Lipinski definition) is 3. The second-order valence-electron chi connectivity index (χ2n) is 3.61. The van der Waals surface area contributed by atoms with Crippen LogP contribution in [0.2, 0.25) is 0 Å². The van der Waals surface area contributed by atoms with Crippen LogP contribution in [-0.2, 0) is 0 Å². The van der Waals surface area contributed by atoms with Gasteiger partial charge in [-0.15, -0.1) is 0 Å². The molecule has 0 radical (unpaired) electrons. The minimum atomic E-state index is 0.312. The van der Waals surface area contributed by atoms with Crippen molar-refractivity contribution < 1.29 is 5.21 Å². The van der Waals surface area contributed by atoms with Crippen LogP contribution in [0.25, 0.3) is 0 Å². The maximum Gasteiger partial charge on any atom is 0.140 e. The Bertz CT molecular complexity index is 171. The summed E-state index contributed by atoms with van der Waals surface area (Å²) in [4.78, 5) is 2.35. The molecule has 1 unspecified atom stereocenters. The zero-order valence-corrected chi connectivity index (χ0v) is 9.53. The SMILES string of the molecule is CCCC(C)N(CC)CCC(N)=NO. The van der Waals surface area contributed by atoms with E-state index in [9.17, 15) is 0 Å². The van der Waals surface area contributed by atoms with E-state index in [0.29, 0.717) is 18.3 Å². The van der Waals surface area contributed by atoms with E-state index in [1.807, 2.05) is 0 Å². The molecule has 0 spiro atoms. The van der Waals surface area contributed by atoms with Crippen molar-refractivity contribution in [2.24, 2.45) is 10.9 Å². The van der Waals surface area contributed by atoms with E-state index in [4.69, 9.17) is 10.9 Å². The van der Waals surface area contributed by atoms with Gasteiger partial charge in [0.25, 0.3) is 0 Å². The number of nitrogens with two attached hydrogens (primary N) is 1. The molecule has 0 aliphatic heterocycles. The number of oxime groups is 1. The zero-order valence-electron chi connectivity index (χ0n) is 9.53. The second kappa shape index (κ2) is 7.62. The van der Waals surface area contributed by atoms with Crippen LogP contribution in [0.3, 0.4) is 0 Å². The molecule has 0 aliphatic rings. The molecule has 0 rings (SSSR count). The fourth-order valence-electron chi connectivity index (χ4n) is 1.60. The third-order valence-corrected chi connectivity index (χ3v) is 2.52. The zero-order chi connectivity index (χ0) is 11.0. The number of nitrogens with zero attached hydrogens (tertiary/aromatic N) is 2. The first-order valence-corrected chi connectivity index (χ1v) is 5.36. The molecule has 0 heterocycles. The van der Waals surface area contributed by atoms with E-state index in [1.165, 1.54) is 12.8 Å². The molecule has 1 atom stereocenters. The van der Waals surface area contributed by atoms with Gasteiger partial charge in [-0.1, -0.05) is 25.4 Å². The first-order valence-electron chi connectivity index (χ1n) is 5.36. The van der Waals surface area contributed by atoms with Gasteiger partial charge in [-0.2, -0.15) is 0 Å². The summed E-state index contributed by atoms with van der Waals surface area (Å²) in [5, 5.41) is 11.4. The molecule has 4 nitrogen and oxygen atoms in total. The van der Waals surface area contributed by atoms with E-state index in [-0.39, 0.29) is 0 Å². The van der Waals surface area contributed by atoms with Crippen molar-refractivity contribution in [1.29, 1.82) is 0 Å². The highest BCUT2D eigenvalue weighted by atomic mass is 16.4. The van der Waals surface area contributed by atoms with E-state index < -0.39 is 0 Å². The summed E-state index contributed by atoms with van der Waals surface area (Å²) in [6.07, 6.45) is 3.03. The normalized spacial score (nSPS) is 14.7. The van der Waals surface area contributed by atoms with Crippen LogP contribution in [0.5, 0.6) is 0 Å². The average Bonchev–Trinajstić information content (AvgIpc) is 2.18. The van der Waals surface area contributed by atoms with Gasteiger partial charge in [-0.25, -0.2) is 0 Å². The lowest BCUT2D eigenvalue weighted by molar-refractivity contribution is 0.213. The molecule has 0 aromatic rings.